The molecule has 0 aliphatic rings. The summed E-state index contributed by atoms with van der Waals surface area (Å²) in [5, 5.41) is 14.2. The zero-order valence-corrected chi connectivity index (χ0v) is 12.2. The predicted octanol–water partition coefficient (Wildman–Crippen LogP) is 2.69. The largest absolute Gasteiger partial charge is 0.393 e. The lowest BCUT2D eigenvalue weighted by Gasteiger charge is -2.23. The van der Waals surface area contributed by atoms with Crippen LogP contribution in [-0.4, -0.2) is 21.0 Å². The third-order valence-electron chi connectivity index (χ3n) is 3.17. The Morgan fingerprint density at radius 3 is 2.25 bits per heavy atom. The van der Waals surface area contributed by atoms with E-state index in [1.165, 1.54) is 0 Å². The average Bonchev–Trinajstić information content (AvgIpc) is 2.38. The molecule has 0 aliphatic heterocycles. The summed E-state index contributed by atoms with van der Waals surface area (Å²) in [7, 11) is 1.95. The molecule has 4 heteroatoms. The summed E-state index contributed by atoms with van der Waals surface area (Å²) in [6, 6.07) is 0. The van der Waals surface area contributed by atoms with E-state index in [-0.39, 0.29) is 12.0 Å². The summed E-state index contributed by atoms with van der Waals surface area (Å²) in [6.07, 6.45) is 0.565. The van der Waals surface area contributed by atoms with Crippen molar-refractivity contribution in [1.29, 1.82) is 0 Å². The Morgan fingerprint density at radius 2 is 1.94 bits per heavy atom. The van der Waals surface area contributed by atoms with Crippen LogP contribution in [0.15, 0.2) is 4.47 Å². The van der Waals surface area contributed by atoms with Gasteiger partial charge in [-0.1, -0.05) is 13.8 Å². The summed E-state index contributed by atoms with van der Waals surface area (Å²) in [4.78, 5) is 0. The Morgan fingerprint density at radius 1 is 1.38 bits per heavy atom. The van der Waals surface area contributed by atoms with Gasteiger partial charge in [-0.25, -0.2) is 0 Å². The standard InChI is InChI=1S/C12H21BrN2O/c1-7(2)10(9(4)16)6-11-12(13)8(3)14-15(11)5/h7,9-10,16H,6H2,1-5H3. The summed E-state index contributed by atoms with van der Waals surface area (Å²) in [5.74, 6) is 0.730. The first-order valence-corrected chi connectivity index (χ1v) is 6.50. The molecule has 0 radical (unpaired) electrons. The molecule has 92 valence electrons. The number of aryl methyl sites for hydroxylation is 2. The van der Waals surface area contributed by atoms with Gasteiger partial charge in [0.2, 0.25) is 0 Å². The maximum atomic E-state index is 9.79. The Bertz CT molecular complexity index is 350. The van der Waals surface area contributed by atoms with Crippen LogP contribution >= 0.6 is 15.9 Å². The fourth-order valence-electron chi connectivity index (χ4n) is 2.09. The maximum Gasteiger partial charge on any atom is 0.0738 e. The van der Waals surface area contributed by atoms with Gasteiger partial charge in [-0.2, -0.15) is 5.10 Å². The van der Waals surface area contributed by atoms with E-state index in [0.717, 1.165) is 22.3 Å². The predicted molar refractivity (Wildman–Crippen MR) is 69.4 cm³/mol. The van der Waals surface area contributed by atoms with Crippen molar-refractivity contribution < 1.29 is 5.11 Å². The zero-order valence-electron chi connectivity index (χ0n) is 10.7. The van der Waals surface area contributed by atoms with Gasteiger partial charge in [-0.05, 0) is 48.0 Å². The molecule has 2 unspecified atom stereocenters. The van der Waals surface area contributed by atoms with Gasteiger partial charge in [0.15, 0.2) is 0 Å². The smallest absolute Gasteiger partial charge is 0.0738 e. The van der Waals surface area contributed by atoms with Crippen molar-refractivity contribution in [2.75, 3.05) is 0 Å². The van der Waals surface area contributed by atoms with Gasteiger partial charge in [0.1, 0.15) is 0 Å². The molecule has 2 atom stereocenters. The summed E-state index contributed by atoms with van der Waals surface area (Å²) in [5.41, 5.74) is 2.17. The molecule has 1 aromatic rings. The van der Waals surface area contributed by atoms with Gasteiger partial charge in [-0.15, -0.1) is 0 Å². The van der Waals surface area contributed by atoms with Crippen LogP contribution < -0.4 is 0 Å². The minimum absolute atomic E-state index is 0.270. The van der Waals surface area contributed by atoms with Crippen molar-refractivity contribution in [2.45, 2.75) is 40.2 Å². The second kappa shape index (κ2) is 5.32. The highest BCUT2D eigenvalue weighted by Crippen LogP contribution is 2.27. The molecule has 0 spiro atoms. The SMILES string of the molecule is Cc1nn(C)c(CC(C(C)C)C(C)O)c1Br. The highest BCUT2D eigenvalue weighted by atomic mass is 79.9. The summed E-state index contributed by atoms with van der Waals surface area (Å²) >= 11 is 3.56. The fraction of sp³-hybridized carbons (Fsp3) is 0.750. The Kier molecular flexibility index (Phi) is 4.56. The van der Waals surface area contributed by atoms with Crippen LogP contribution in [0.2, 0.25) is 0 Å². The molecule has 0 aliphatic carbocycles. The molecule has 16 heavy (non-hydrogen) atoms. The topological polar surface area (TPSA) is 38.0 Å². The first kappa shape index (κ1) is 13.7. The van der Waals surface area contributed by atoms with E-state index in [4.69, 9.17) is 0 Å². The highest BCUT2D eigenvalue weighted by molar-refractivity contribution is 9.10. The Hall–Kier alpha value is -0.350. The van der Waals surface area contributed by atoms with E-state index in [1.807, 2.05) is 25.6 Å². The van der Waals surface area contributed by atoms with Gasteiger partial charge in [-0.3, -0.25) is 4.68 Å². The van der Waals surface area contributed by atoms with E-state index < -0.39 is 0 Å². The minimum Gasteiger partial charge on any atom is -0.393 e. The van der Waals surface area contributed by atoms with Crippen molar-refractivity contribution in [3.63, 3.8) is 0 Å². The van der Waals surface area contributed by atoms with Crippen LogP contribution in [0.1, 0.15) is 32.2 Å². The molecule has 0 fully saturated rings. The second-order valence-corrected chi connectivity index (χ2v) is 5.62. The number of hydrogen-bond acceptors (Lipinski definition) is 2. The number of aliphatic hydroxyl groups is 1. The summed E-state index contributed by atoms with van der Waals surface area (Å²) < 4.78 is 2.97. The van der Waals surface area contributed by atoms with Crippen molar-refractivity contribution in [2.24, 2.45) is 18.9 Å². The molecular weight excluding hydrogens is 268 g/mol. The van der Waals surface area contributed by atoms with E-state index >= 15 is 0 Å². The molecule has 1 aromatic heterocycles. The normalized spacial score (nSPS) is 15.5. The molecule has 0 saturated heterocycles. The minimum atomic E-state index is -0.290. The fourth-order valence-corrected chi connectivity index (χ4v) is 2.59. The van der Waals surface area contributed by atoms with E-state index in [9.17, 15) is 5.11 Å². The molecule has 0 amide bonds. The van der Waals surface area contributed by atoms with Gasteiger partial charge < -0.3 is 5.11 Å². The van der Waals surface area contributed by atoms with Crippen molar-refractivity contribution in [1.82, 2.24) is 9.78 Å². The Labute approximate surface area is 106 Å². The van der Waals surface area contributed by atoms with Crippen LogP contribution in [0, 0.1) is 18.8 Å². The molecule has 0 saturated carbocycles. The Balaban J connectivity index is 2.93. The second-order valence-electron chi connectivity index (χ2n) is 4.82. The first-order chi connectivity index (χ1) is 7.34. The van der Waals surface area contributed by atoms with Crippen LogP contribution in [0.3, 0.4) is 0 Å². The zero-order chi connectivity index (χ0) is 12.5. The lowest BCUT2D eigenvalue weighted by atomic mass is 9.87. The summed E-state index contributed by atoms with van der Waals surface area (Å²) in [6.45, 7) is 8.14. The van der Waals surface area contributed by atoms with E-state index in [1.54, 1.807) is 0 Å². The van der Waals surface area contributed by atoms with E-state index in [2.05, 4.69) is 34.9 Å². The number of nitrogens with zero attached hydrogens (tertiary/aromatic N) is 2. The number of hydrogen-bond donors (Lipinski definition) is 1. The molecule has 1 N–H and O–H groups in total. The first-order valence-electron chi connectivity index (χ1n) is 5.70. The average molecular weight is 289 g/mol. The van der Waals surface area contributed by atoms with Crippen LogP contribution in [0.25, 0.3) is 0 Å². The van der Waals surface area contributed by atoms with Gasteiger partial charge in [0.25, 0.3) is 0 Å². The third kappa shape index (κ3) is 2.86. The van der Waals surface area contributed by atoms with E-state index in [0.29, 0.717) is 5.92 Å². The van der Waals surface area contributed by atoms with Gasteiger partial charge >= 0.3 is 0 Å². The number of aromatic nitrogens is 2. The van der Waals surface area contributed by atoms with Crippen molar-refractivity contribution in [3.05, 3.63) is 15.9 Å². The molecule has 3 nitrogen and oxygen atoms in total. The monoisotopic (exact) mass is 288 g/mol. The molecule has 1 rings (SSSR count). The van der Waals surface area contributed by atoms with Gasteiger partial charge in [0.05, 0.1) is 22.0 Å². The maximum absolute atomic E-state index is 9.79. The third-order valence-corrected chi connectivity index (χ3v) is 4.20. The quantitative estimate of drug-likeness (QED) is 0.925. The lowest BCUT2D eigenvalue weighted by molar-refractivity contribution is 0.0964. The molecule has 0 bridgehead atoms. The van der Waals surface area contributed by atoms with Crippen LogP contribution in [0.4, 0.5) is 0 Å². The lowest BCUT2D eigenvalue weighted by Crippen LogP contribution is -2.25. The van der Waals surface area contributed by atoms with Gasteiger partial charge in [0, 0.05) is 7.05 Å². The number of aliphatic hydroxyl groups excluding tert-OH is 1. The number of rotatable bonds is 4. The van der Waals surface area contributed by atoms with Crippen LogP contribution in [0.5, 0.6) is 0 Å². The van der Waals surface area contributed by atoms with Crippen LogP contribution in [-0.2, 0) is 13.5 Å². The molecule has 0 aromatic carbocycles. The number of halogens is 1. The molecular formula is C12H21BrN2O. The van der Waals surface area contributed by atoms with Crippen molar-refractivity contribution >= 4 is 15.9 Å². The van der Waals surface area contributed by atoms with Crippen molar-refractivity contribution in [3.8, 4) is 0 Å². The highest BCUT2D eigenvalue weighted by Gasteiger charge is 2.23. The molecule has 1 heterocycles.